The van der Waals surface area contributed by atoms with E-state index in [1.165, 1.54) is 33.3 Å². The van der Waals surface area contributed by atoms with Crippen molar-refractivity contribution < 1.29 is 0 Å². The van der Waals surface area contributed by atoms with Crippen LogP contribution in [-0.4, -0.2) is 28.2 Å². The highest BCUT2D eigenvalue weighted by Crippen LogP contribution is 2.32. The first-order valence-electron chi connectivity index (χ1n) is 10.3. The molecule has 0 amide bonds. The maximum absolute atomic E-state index is 3.82. The van der Waals surface area contributed by atoms with Gasteiger partial charge in [0.1, 0.15) is 0 Å². The number of hydrogen-bond donors (Lipinski definition) is 1. The molecule has 0 fully saturated rings. The molecule has 0 radical (unpaired) electrons. The third kappa shape index (κ3) is 4.11. The summed E-state index contributed by atoms with van der Waals surface area (Å²) >= 11 is 0. The zero-order chi connectivity index (χ0) is 21.1. The Kier molecular flexibility index (Phi) is 5.62. The van der Waals surface area contributed by atoms with E-state index >= 15 is 0 Å². The first-order valence-corrected chi connectivity index (χ1v) is 10.3. The lowest BCUT2D eigenvalue weighted by Gasteiger charge is -2.24. The van der Waals surface area contributed by atoms with Gasteiger partial charge in [-0.2, -0.15) is 0 Å². The number of anilines is 3. The number of fused-ring (bicyclic) bond motifs is 1. The molecule has 4 aromatic rings. The highest BCUT2D eigenvalue weighted by Gasteiger charge is 2.16. The molecule has 152 valence electrons. The number of nitrogens with one attached hydrogen (secondary N) is 1. The molecule has 0 atom stereocenters. The average molecular weight is 396 g/mol. The Bertz CT molecular complexity index is 1060. The van der Waals surface area contributed by atoms with Crippen LogP contribution in [0.3, 0.4) is 0 Å². The molecule has 4 rings (SSSR count). The monoisotopic (exact) mass is 395 g/mol. The lowest BCUT2D eigenvalue weighted by molar-refractivity contribution is 0.939. The van der Waals surface area contributed by atoms with Crippen molar-refractivity contribution in [2.24, 2.45) is 0 Å². The molecule has 0 saturated heterocycles. The average Bonchev–Trinajstić information content (AvgIpc) is 2.77. The van der Waals surface area contributed by atoms with Crippen LogP contribution in [0.2, 0.25) is 0 Å². The summed E-state index contributed by atoms with van der Waals surface area (Å²) in [7, 11) is 8.28. The fourth-order valence-electron chi connectivity index (χ4n) is 3.80. The molecule has 4 aromatic carbocycles. The lowest BCUT2D eigenvalue weighted by atomic mass is 9.97. The maximum Gasteiger partial charge on any atom is 0.0767 e. The van der Waals surface area contributed by atoms with Gasteiger partial charge < -0.3 is 15.1 Å². The molecule has 0 bridgehead atoms. The highest BCUT2D eigenvalue weighted by atomic mass is 15.1. The fraction of sp³-hybridized carbons (Fsp3) is 0.185. The molecule has 0 unspecified atom stereocenters. The molecule has 3 heteroatoms. The van der Waals surface area contributed by atoms with Crippen molar-refractivity contribution in [1.29, 1.82) is 0 Å². The van der Waals surface area contributed by atoms with Gasteiger partial charge in [-0.15, -0.1) is 0 Å². The van der Waals surface area contributed by atoms with E-state index in [4.69, 9.17) is 0 Å². The second-order valence-corrected chi connectivity index (χ2v) is 8.08. The zero-order valence-electron chi connectivity index (χ0n) is 18.1. The van der Waals surface area contributed by atoms with Crippen LogP contribution < -0.4 is 15.1 Å². The SMILES string of the molecule is CN(C)c1ccc(C(Nc2cccc3ccccc23)c2ccc(N(C)C)cc2)cc1. The standard InChI is InChI=1S/C27H29N3/c1-29(2)23-16-12-21(13-17-23)27(22-14-18-24(19-15-22)30(3)4)28-26-11-7-9-20-8-5-6-10-25(20)26/h5-19,27-28H,1-4H3. The van der Waals surface area contributed by atoms with Gasteiger partial charge in [0.25, 0.3) is 0 Å². The summed E-state index contributed by atoms with van der Waals surface area (Å²) in [6, 6.07) is 32.6. The molecular formula is C27H29N3. The first-order chi connectivity index (χ1) is 14.5. The van der Waals surface area contributed by atoms with E-state index in [0.29, 0.717) is 0 Å². The minimum Gasteiger partial charge on any atom is -0.378 e. The van der Waals surface area contributed by atoms with Gasteiger partial charge >= 0.3 is 0 Å². The van der Waals surface area contributed by atoms with Crippen LogP contribution >= 0.6 is 0 Å². The van der Waals surface area contributed by atoms with Crippen molar-refractivity contribution in [2.45, 2.75) is 6.04 Å². The van der Waals surface area contributed by atoms with Crippen LogP contribution in [0.1, 0.15) is 17.2 Å². The summed E-state index contributed by atoms with van der Waals surface area (Å²) in [6.45, 7) is 0. The Hall–Kier alpha value is -3.46. The molecule has 0 aliphatic carbocycles. The molecule has 0 spiro atoms. The molecule has 0 aliphatic heterocycles. The van der Waals surface area contributed by atoms with Crippen molar-refractivity contribution in [3.63, 3.8) is 0 Å². The van der Waals surface area contributed by atoms with Crippen LogP contribution in [0.25, 0.3) is 10.8 Å². The van der Waals surface area contributed by atoms with Gasteiger partial charge in [0.15, 0.2) is 0 Å². The number of rotatable bonds is 6. The van der Waals surface area contributed by atoms with Gasteiger partial charge in [-0.05, 0) is 46.8 Å². The van der Waals surface area contributed by atoms with E-state index in [-0.39, 0.29) is 6.04 Å². The summed E-state index contributed by atoms with van der Waals surface area (Å²) in [6.07, 6.45) is 0. The maximum atomic E-state index is 3.82. The normalized spacial score (nSPS) is 11.0. The van der Waals surface area contributed by atoms with Crippen LogP contribution in [-0.2, 0) is 0 Å². The van der Waals surface area contributed by atoms with Crippen molar-refractivity contribution in [3.05, 3.63) is 102 Å². The first kappa shape index (κ1) is 19.8. The highest BCUT2D eigenvalue weighted by molar-refractivity contribution is 5.94. The van der Waals surface area contributed by atoms with E-state index < -0.39 is 0 Å². The van der Waals surface area contributed by atoms with Gasteiger partial charge in [0.05, 0.1) is 6.04 Å². The quantitative estimate of drug-likeness (QED) is 0.421. The van der Waals surface area contributed by atoms with Gasteiger partial charge in [-0.25, -0.2) is 0 Å². The zero-order valence-corrected chi connectivity index (χ0v) is 18.1. The molecule has 0 saturated carbocycles. The van der Waals surface area contributed by atoms with Crippen LogP contribution in [0.4, 0.5) is 17.1 Å². The Balaban J connectivity index is 1.76. The van der Waals surface area contributed by atoms with E-state index in [1.54, 1.807) is 0 Å². The minimum absolute atomic E-state index is 0.0585. The van der Waals surface area contributed by atoms with Crippen LogP contribution in [0, 0.1) is 0 Å². The van der Waals surface area contributed by atoms with Crippen molar-refractivity contribution in [3.8, 4) is 0 Å². The minimum atomic E-state index is 0.0585. The summed E-state index contributed by atoms with van der Waals surface area (Å²) in [5.41, 5.74) is 6.03. The molecular weight excluding hydrogens is 366 g/mol. The van der Waals surface area contributed by atoms with Gasteiger partial charge in [0.2, 0.25) is 0 Å². The van der Waals surface area contributed by atoms with Crippen molar-refractivity contribution >= 4 is 27.8 Å². The lowest BCUT2D eigenvalue weighted by Crippen LogP contribution is -2.14. The summed E-state index contributed by atoms with van der Waals surface area (Å²) in [5.74, 6) is 0. The second-order valence-electron chi connectivity index (χ2n) is 8.08. The molecule has 1 N–H and O–H groups in total. The van der Waals surface area contributed by atoms with E-state index in [9.17, 15) is 0 Å². The van der Waals surface area contributed by atoms with E-state index in [1.807, 2.05) is 0 Å². The molecule has 0 aromatic heterocycles. The van der Waals surface area contributed by atoms with E-state index in [0.717, 1.165) is 5.69 Å². The Morgan fingerprint density at radius 1 is 0.567 bits per heavy atom. The third-order valence-electron chi connectivity index (χ3n) is 5.58. The van der Waals surface area contributed by atoms with Crippen LogP contribution in [0.5, 0.6) is 0 Å². The largest absolute Gasteiger partial charge is 0.378 e. The Morgan fingerprint density at radius 2 is 1.07 bits per heavy atom. The number of nitrogens with zero attached hydrogens (tertiary/aromatic N) is 2. The van der Waals surface area contributed by atoms with E-state index in [2.05, 4.69) is 134 Å². The molecule has 0 aliphatic rings. The molecule has 30 heavy (non-hydrogen) atoms. The fourth-order valence-corrected chi connectivity index (χ4v) is 3.80. The molecule has 0 heterocycles. The van der Waals surface area contributed by atoms with Crippen molar-refractivity contribution in [1.82, 2.24) is 0 Å². The molecule has 3 nitrogen and oxygen atoms in total. The number of hydrogen-bond acceptors (Lipinski definition) is 3. The topological polar surface area (TPSA) is 18.5 Å². The van der Waals surface area contributed by atoms with Gasteiger partial charge in [0, 0.05) is 50.6 Å². The predicted molar refractivity (Wildman–Crippen MR) is 131 cm³/mol. The summed E-state index contributed by atoms with van der Waals surface area (Å²) in [5, 5.41) is 6.30. The van der Waals surface area contributed by atoms with Gasteiger partial charge in [-0.3, -0.25) is 0 Å². The third-order valence-corrected chi connectivity index (χ3v) is 5.58. The Morgan fingerprint density at radius 3 is 1.60 bits per heavy atom. The Labute approximate surface area is 179 Å². The van der Waals surface area contributed by atoms with Crippen molar-refractivity contribution in [2.75, 3.05) is 43.3 Å². The summed E-state index contributed by atoms with van der Waals surface area (Å²) < 4.78 is 0. The number of benzene rings is 4. The summed E-state index contributed by atoms with van der Waals surface area (Å²) in [4.78, 5) is 4.26. The second kappa shape index (κ2) is 8.50. The van der Waals surface area contributed by atoms with Gasteiger partial charge in [-0.1, -0.05) is 60.7 Å². The van der Waals surface area contributed by atoms with Crippen LogP contribution in [0.15, 0.2) is 91.0 Å². The predicted octanol–water partition coefficient (Wildman–Crippen LogP) is 6.17. The smallest absolute Gasteiger partial charge is 0.0767 e.